The second-order valence-corrected chi connectivity index (χ2v) is 5.39. The highest BCUT2D eigenvalue weighted by atomic mass is 16.5. The number of phenolic OH excluding ortho intramolecular Hbond substituents is 1. The lowest BCUT2D eigenvalue weighted by atomic mass is 10.1. The van der Waals surface area contributed by atoms with Crippen molar-refractivity contribution >= 4 is 0 Å². The van der Waals surface area contributed by atoms with E-state index in [1.165, 1.54) is 44.2 Å². The van der Waals surface area contributed by atoms with E-state index in [1.807, 2.05) is 12.1 Å². The highest BCUT2D eigenvalue weighted by Gasteiger charge is 2.19. The smallest absolute Gasteiger partial charge is 0.160 e. The van der Waals surface area contributed by atoms with Crippen molar-refractivity contribution in [1.82, 2.24) is 4.90 Å². The van der Waals surface area contributed by atoms with Gasteiger partial charge in [-0.15, -0.1) is 0 Å². The number of likely N-dealkylation sites (tertiary alicyclic amines) is 1. The van der Waals surface area contributed by atoms with Crippen LogP contribution < -0.4 is 4.74 Å². The highest BCUT2D eigenvalue weighted by molar-refractivity contribution is 5.41. The van der Waals surface area contributed by atoms with Crippen LogP contribution >= 0.6 is 0 Å². The molecule has 1 fully saturated rings. The number of rotatable bonds is 4. The van der Waals surface area contributed by atoms with Crippen molar-refractivity contribution in [3.05, 3.63) is 23.8 Å². The maximum atomic E-state index is 9.65. The fourth-order valence-electron chi connectivity index (χ4n) is 2.96. The number of methoxy groups -OCH3 is 1. The molecule has 1 aliphatic heterocycles. The molecule has 1 aromatic carbocycles. The van der Waals surface area contributed by atoms with Crippen LogP contribution in [0, 0.1) is 0 Å². The van der Waals surface area contributed by atoms with E-state index in [2.05, 4.69) is 11.8 Å². The minimum atomic E-state index is 0.217. The molecule has 0 amide bonds. The summed E-state index contributed by atoms with van der Waals surface area (Å²) in [5.41, 5.74) is 1.22. The Morgan fingerprint density at radius 2 is 2.16 bits per heavy atom. The fraction of sp³-hybridized carbons (Fsp3) is 0.625. The Morgan fingerprint density at radius 1 is 1.32 bits per heavy atom. The second-order valence-electron chi connectivity index (χ2n) is 5.39. The average Bonchev–Trinajstić information content (AvgIpc) is 2.66. The van der Waals surface area contributed by atoms with Gasteiger partial charge in [-0.25, -0.2) is 0 Å². The van der Waals surface area contributed by atoms with Gasteiger partial charge in [0.2, 0.25) is 0 Å². The van der Waals surface area contributed by atoms with E-state index in [4.69, 9.17) is 4.74 Å². The van der Waals surface area contributed by atoms with Gasteiger partial charge in [-0.1, -0.05) is 25.8 Å². The van der Waals surface area contributed by atoms with Crippen molar-refractivity contribution in [3.63, 3.8) is 0 Å². The first kappa shape index (κ1) is 14.2. The number of phenols is 1. The van der Waals surface area contributed by atoms with Gasteiger partial charge in [-0.2, -0.15) is 0 Å². The van der Waals surface area contributed by atoms with Gasteiger partial charge >= 0.3 is 0 Å². The van der Waals surface area contributed by atoms with E-state index in [-0.39, 0.29) is 5.75 Å². The number of hydrogen-bond donors (Lipinski definition) is 1. The summed E-state index contributed by atoms with van der Waals surface area (Å²) < 4.78 is 5.18. The molecule has 3 heteroatoms. The van der Waals surface area contributed by atoms with E-state index < -0.39 is 0 Å². The summed E-state index contributed by atoms with van der Waals surface area (Å²) in [7, 11) is 1.60. The van der Waals surface area contributed by atoms with Crippen LogP contribution in [0.1, 0.15) is 44.6 Å². The summed E-state index contributed by atoms with van der Waals surface area (Å²) in [5, 5.41) is 9.65. The lowest BCUT2D eigenvalue weighted by Gasteiger charge is -2.29. The Labute approximate surface area is 116 Å². The molecule has 0 spiro atoms. The Balaban J connectivity index is 2.09. The molecule has 0 aliphatic carbocycles. The summed E-state index contributed by atoms with van der Waals surface area (Å²) in [5.74, 6) is 0.787. The van der Waals surface area contributed by atoms with Crippen LogP contribution in [0.2, 0.25) is 0 Å². The highest BCUT2D eigenvalue weighted by Crippen LogP contribution is 2.28. The third-order valence-corrected chi connectivity index (χ3v) is 4.10. The molecular weight excluding hydrogens is 238 g/mol. The van der Waals surface area contributed by atoms with Gasteiger partial charge < -0.3 is 9.84 Å². The molecule has 2 rings (SSSR count). The lowest BCUT2D eigenvalue weighted by Crippen LogP contribution is -2.33. The molecule has 1 atom stereocenters. The molecular formula is C16H25NO2. The number of aromatic hydroxyl groups is 1. The molecule has 0 bridgehead atoms. The van der Waals surface area contributed by atoms with Crippen LogP contribution in [0.5, 0.6) is 11.5 Å². The predicted octanol–water partition coefficient (Wildman–Crippen LogP) is 3.56. The molecule has 1 aromatic rings. The Morgan fingerprint density at radius 3 is 2.89 bits per heavy atom. The van der Waals surface area contributed by atoms with Crippen LogP contribution in [0.25, 0.3) is 0 Å². The Bertz CT molecular complexity index is 406. The SMILES string of the molecule is CCC1CCCCCN1Cc1ccc(O)c(OC)c1. The van der Waals surface area contributed by atoms with Crippen molar-refractivity contribution in [2.45, 2.75) is 51.6 Å². The normalized spacial score (nSPS) is 21.1. The molecule has 1 saturated heterocycles. The third-order valence-electron chi connectivity index (χ3n) is 4.10. The van der Waals surface area contributed by atoms with Crippen molar-refractivity contribution in [3.8, 4) is 11.5 Å². The molecule has 0 aromatic heterocycles. The van der Waals surface area contributed by atoms with Gasteiger partial charge in [0.05, 0.1) is 7.11 Å². The minimum Gasteiger partial charge on any atom is -0.504 e. The molecule has 3 nitrogen and oxygen atoms in total. The summed E-state index contributed by atoms with van der Waals surface area (Å²) >= 11 is 0. The molecule has 1 aliphatic rings. The zero-order valence-corrected chi connectivity index (χ0v) is 12.1. The third kappa shape index (κ3) is 3.63. The van der Waals surface area contributed by atoms with Crippen LogP contribution in [-0.2, 0) is 6.54 Å². The first-order valence-corrected chi connectivity index (χ1v) is 7.34. The number of hydrogen-bond acceptors (Lipinski definition) is 3. The van der Waals surface area contributed by atoms with Crippen LogP contribution in [0.3, 0.4) is 0 Å². The van der Waals surface area contributed by atoms with Gasteiger partial charge in [0.25, 0.3) is 0 Å². The number of benzene rings is 1. The Hall–Kier alpha value is -1.22. The first-order valence-electron chi connectivity index (χ1n) is 7.34. The van der Waals surface area contributed by atoms with Crippen molar-refractivity contribution in [2.24, 2.45) is 0 Å². The molecule has 106 valence electrons. The summed E-state index contributed by atoms with van der Waals surface area (Å²) in [6.45, 7) is 4.41. The van der Waals surface area contributed by atoms with Crippen LogP contribution in [-0.4, -0.2) is 29.7 Å². The van der Waals surface area contributed by atoms with Crippen molar-refractivity contribution in [1.29, 1.82) is 0 Å². The summed E-state index contributed by atoms with van der Waals surface area (Å²) in [4.78, 5) is 2.58. The maximum Gasteiger partial charge on any atom is 0.160 e. The minimum absolute atomic E-state index is 0.217. The molecule has 0 radical (unpaired) electrons. The molecule has 19 heavy (non-hydrogen) atoms. The quantitative estimate of drug-likeness (QED) is 0.901. The molecule has 1 unspecified atom stereocenters. The van der Waals surface area contributed by atoms with E-state index in [9.17, 15) is 5.11 Å². The average molecular weight is 263 g/mol. The van der Waals surface area contributed by atoms with E-state index in [0.717, 1.165) is 6.54 Å². The van der Waals surface area contributed by atoms with Gasteiger partial charge in [0.15, 0.2) is 11.5 Å². The second kappa shape index (κ2) is 6.80. The van der Waals surface area contributed by atoms with Gasteiger partial charge in [-0.3, -0.25) is 4.90 Å². The first-order chi connectivity index (χ1) is 9.24. The standard InChI is InChI=1S/C16H25NO2/c1-3-14-7-5-4-6-10-17(14)12-13-8-9-15(18)16(11-13)19-2/h8-9,11,14,18H,3-7,10,12H2,1-2H3. The predicted molar refractivity (Wildman–Crippen MR) is 77.6 cm³/mol. The topological polar surface area (TPSA) is 32.7 Å². The van der Waals surface area contributed by atoms with E-state index in [1.54, 1.807) is 13.2 Å². The van der Waals surface area contributed by atoms with Crippen LogP contribution in [0.15, 0.2) is 18.2 Å². The van der Waals surface area contributed by atoms with Crippen LogP contribution in [0.4, 0.5) is 0 Å². The fourth-order valence-corrected chi connectivity index (χ4v) is 2.96. The molecule has 1 N–H and O–H groups in total. The van der Waals surface area contributed by atoms with Gasteiger partial charge in [0.1, 0.15) is 0 Å². The van der Waals surface area contributed by atoms with Gasteiger partial charge in [-0.05, 0) is 43.5 Å². The van der Waals surface area contributed by atoms with E-state index in [0.29, 0.717) is 11.8 Å². The summed E-state index contributed by atoms with van der Waals surface area (Å²) in [6, 6.07) is 6.37. The van der Waals surface area contributed by atoms with Crippen molar-refractivity contribution < 1.29 is 9.84 Å². The van der Waals surface area contributed by atoms with Crippen molar-refractivity contribution in [2.75, 3.05) is 13.7 Å². The monoisotopic (exact) mass is 263 g/mol. The maximum absolute atomic E-state index is 9.65. The lowest BCUT2D eigenvalue weighted by molar-refractivity contribution is 0.186. The van der Waals surface area contributed by atoms with E-state index >= 15 is 0 Å². The number of ether oxygens (including phenoxy) is 1. The summed E-state index contributed by atoms with van der Waals surface area (Å²) in [6.07, 6.45) is 6.53. The zero-order chi connectivity index (χ0) is 13.7. The molecule has 1 heterocycles. The molecule has 0 saturated carbocycles. The largest absolute Gasteiger partial charge is 0.504 e. The number of nitrogens with zero attached hydrogens (tertiary/aromatic N) is 1. The Kier molecular flexibility index (Phi) is 5.08. The van der Waals surface area contributed by atoms with Gasteiger partial charge in [0, 0.05) is 12.6 Å². The zero-order valence-electron chi connectivity index (χ0n) is 12.1.